The SMILES string of the molecule is COC(=O)C1=C(C)N=C(C)C(C(=O)OC)C1c1cc(OCCNCC(O)COc2ccccc2)ccc1[N+](=O)[O-]. The third kappa shape index (κ3) is 7.42. The van der Waals surface area contributed by atoms with Gasteiger partial charge >= 0.3 is 11.9 Å². The number of aliphatic hydroxyl groups excluding tert-OH is 1. The van der Waals surface area contributed by atoms with Gasteiger partial charge in [0.15, 0.2) is 0 Å². The van der Waals surface area contributed by atoms with Crippen LogP contribution in [0.1, 0.15) is 25.3 Å². The largest absolute Gasteiger partial charge is 0.492 e. The van der Waals surface area contributed by atoms with E-state index < -0.39 is 34.8 Å². The quantitative estimate of drug-likeness (QED) is 0.163. The average molecular weight is 556 g/mol. The number of para-hydroxylation sites is 1. The minimum Gasteiger partial charge on any atom is -0.492 e. The fourth-order valence-electron chi connectivity index (χ4n) is 4.50. The van der Waals surface area contributed by atoms with E-state index in [1.807, 2.05) is 18.2 Å². The summed E-state index contributed by atoms with van der Waals surface area (Å²) in [5.41, 5.74) is 0.455. The summed E-state index contributed by atoms with van der Waals surface area (Å²) < 4.78 is 21.2. The van der Waals surface area contributed by atoms with Crippen LogP contribution in [0.4, 0.5) is 5.69 Å². The van der Waals surface area contributed by atoms with E-state index >= 15 is 0 Å². The van der Waals surface area contributed by atoms with Crippen LogP contribution in [0.15, 0.2) is 64.8 Å². The van der Waals surface area contributed by atoms with E-state index in [9.17, 15) is 24.8 Å². The second kappa shape index (κ2) is 14.2. The van der Waals surface area contributed by atoms with Gasteiger partial charge in [-0.1, -0.05) is 18.2 Å². The van der Waals surface area contributed by atoms with Gasteiger partial charge in [0, 0.05) is 42.0 Å². The van der Waals surface area contributed by atoms with Crippen molar-refractivity contribution in [3.05, 3.63) is 75.5 Å². The third-order valence-electron chi connectivity index (χ3n) is 6.33. The lowest BCUT2D eigenvalue weighted by Crippen LogP contribution is -2.36. The van der Waals surface area contributed by atoms with Gasteiger partial charge in [0.2, 0.25) is 0 Å². The summed E-state index contributed by atoms with van der Waals surface area (Å²) in [6.45, 7) is 4.09. The van der Waals surface area contributed by atoms with E-state index in [4.69, 9.17) is 18.9 Å². The molecule has 0 fully saturated rings. The number of aliphatic hydroxyl groups is 1. The number of benzene rings is 2. The summed E-state index contributed by atoms with van der Waals surface area (Å²) in [5, 5.41) is 25.2. The van der Waals surface area contributed by atoms with Crippen molar-refractivity contribution >= 4 is 23.3 Å². The van der Waals surface area contributed by atoms with Crippen LogP contribution < -0.4 is 14.8 Å². The molecule has 0 spiro atoms. The lowest BCUT2D eigenvalue weighted by molar-refractivity contribution is -0.385. The van der Waals surface area contributed by atoms with Gasteiger partial charge in [-0.05, 0) is 38.1 Å². The zero-order chi connectivity index (χ0) is 29.2. The third-order valence-corrected chi connectivity index (χ3v) is 6.33. The highest BCUT2D eigenvalue weighted by atomic mass is 16.6. The zero-order valence-electron chi connectivity index (χ0n) is 22.8. The number of allylic oxidation sites excluding steroid dienone is 1. The number of aliphatic imine (C=N–C) groups is 1. The fraction of sp³-hybridized carbons (Fsp3) is 0.393. The van der Waals surface area contributed by atoms with Crippen LogP contribution in [-0.2, 0) is 19.1 Å². The summed E-state index contributed by atoms with van der Waals surface area (Å²) in [6, 6.07) is 13.3. The number of nitro groups is 1. The molecule has 40 heavy (non-hydrogen) atoms. The first kappa shape index (κ1) is 30.3. The molecule has 1 aliphatic rings. The highest BCUT2D eigenvalue weighted by molar-refractivity contribution is 6.07. The number of nitro benzene ring substituents is 1. The smallest absolute Gasteiger partial charge is 0.336 e. The monoisotopic (exact) mass is 555 g/mol. The van der Waals surface area contributed by atoms with E-state index in [1.165, 1.54) is 32.4 Å². The van der Waals surface area contributed by atoms with E-state index in [1.54, 1.807) is 26.0 Å². The van der Waals surface area contributed by atoms with Gasteiger partial charge in [-0.25, -0.2) is 4.79 Å². The Kier molecular flexibility index (Phi) is 10.7. The topological polar surface area (TPSA) is 159 Å². The Morgan fingerprint density at radius 2 is 1.80 bits per heavy atom. The summed E-state index contributed by atoms with van der Waals surface area (Å²) in [4.78, 5) is 41.3. The standard InChI is InChI=1S/C28H33N3O9/c1-17-24(27(33)37-3)26(25(18(2)30-17)28(34)38-4)22-14-21(10-11-23(22)31(35)36)39-13-12-29-15-19(32)16-40-20-8-6-5-7-9-20/h5-11,14,19,24,26,29,32H,12-13,15-16H2,1-4H3. The molecule has 0 bridgehead atoms. The van der Waals surface area contributed by atoms with Crippen molar-refractivity contribution in [1.29, 1.82) is 0 Å². The number of rotatable bonds is 13. The molecular weight excluding hydrogens is 522 g/mol. The first-order valence-corrected chi connectivity index (χ1v) is 12.6. The number of nitrogens with zero attached hydrogens (tertiary/aromatic N) is 2. The molecule has 0 saturated carbocycles. The number of ether oxygens (including phenoxy) is 4. The number of carbonyl (C=O) groups is 2. The van der Waals surface area contributed by atoms with Crippen molar-refractivity contribution in [1.82, 2.24) is 5.32 Å². The minimum absolute atomic E-state index is 0.0251. The number of hydrogen-bond donors (Lipinski definition) is 2. The number of esters is 2. The summed E-state index contributed by atoms with van der Waals surface area (Å²) in [7, 11) is 2.38. The number of hydrogen-bond acceptors (Lipinski definition) is 11. The Labute approximate surface area is 231 Å². The highest BCUT2D eigenvalue weighted by Crippen LogP contribution is 2.44. The molecule has 2 aromatic carbocycles. The Balaban J connectivity index is 1.74. The van der Waals surface area contributed by atoms with Gasteiger partial charge in [0.05, 0.1) is 24.7 Å². The molecule has 0 aliphatic carbocycles. The first-order valence-electron chi connectivity index (χ1n) is 12.6. The van der Waals surface area contributed by atoms with Crippen LogP contribution in [-0.4, -0.2) is 74.3 Å². The molecule has 2 aromatic rings. The average Bonchev–Trinajstić information content (AvgIpc) is 2.95. The maximum atomic E-state index is 12.8. The summed E-state index contributed by atoms with van der Waals surface area (Å²) >= 11 is 0. The van der Waals surface area contributed by atoms with E-state index in [0.717, 1.165) is 0 Å². The van der Waals surface area contributed by atoms with Crippen LogP contribution in [0.2, 0.25) is 0 Å². The van der Waals surface area contributed by atoms with Gasteiger partial charge in [-0.2, -0.15) is 0 Å². The van der Waals surface area contributed by atoms with Gasteiger partial charge < -0.3 is 29.4 Å². The number of methoxy groups -OCH3 is 2. The summed E-state index contributed by atoms with van der Waals surface area (Å²) in [5.74, 6) is -2.67. The number of nitrogens with one attached hydrogen (secondary N) is 1. The highest BCUT2D eigenvalue weighted by Gasteiger charge is 2.44. The van der Waals surface area contributed by atoms with Crippen LogP contribution in [0.25, 0.3) is 0 Å². The predicted octanol–water partition coefficient (Wildman–Crippen LogP) is 2.80. The minimum atomic E-state index is -1.09. The molecule has 3 atom stereocenters. The molecule has 0 amide bonds. The lowest BCUT2D eigenvalue weighted by Gasteiger charge is -2.31. The molecule has 0 aromatic heterocycles. The van der Waals surface area contributed by atoms with Crippen molar-refractivity contribution in [3.8, 4) is 11.5 Å². The van der Waals surface area contributed by atoms with E-state index in [-0.39, 0.29) is 42.3 Å². The van der Waals surface area contributed by atoms with E-state index in [0.29, 0.717) is 23.8 Å². The fourth-order valence-corrected chi connectivity index (χ4v) is 4.50. The Hall–Kier alpha value is -4.29. The van der Waals surface area contributed by atoms with Crippen molar-refractivity contribution in [2.75, 3.05) is 40.5 Å². The van der Waals surface area contributed by atoms with Gasteiger partial charge in [0.25, 0.3) is 5.69 Å². The molecule has 2 N–H and O–H groups in total. The molecule has 12 nitrogen and oxygen atoms in total. The molecule has 3 unspecified atom stereocenters. The first-order chi connectivity index (χ1) is 19.2. The molecule has 12 heteroatoms. The van der Waals surface area contributed by atoms with Crippen molar-refractivity contribution < 1.29 is 38.6 Å². The molecule has 1 heterocycles. The van der Waals surface area contributed by atoms with Crippen LogP contribution in [0, 0.1) is 16.0 Å². The second-order valence-corrected chi connectivity index (χ2v) is 9.03. The number of carbonyl (C=O) groups excluding carboxylic acids is 2. The zero-order valence-corrected chi connectivity index (χ0v) is 22.8. The van der Waals surface area contributed by atoms with Gasteiger partial charge in [-0.3, -0.25) is 19.9 Å². The van der Waals surface area contributed by atoms with Crippen molar-refractivity contribution in [3.63, 3.8) is 0 Å². The van der Waals surface area contributed by atoms with E-state index in [2.05, 4.69) is 10.3 Å². The Morgan fingerprint density at radius 1 is 1.07 bits per heavy atom. The lowest BCUT2D eigenvalue weighted by atomic mass is 9.75. The molecule has 1 aliphatic heterocycles. The van der Waals surface area contributed by atoms with Gasteiger partial charge in [-0.15, -0.1) is 0 Å². The molecular formula is C28H33N3O9. The molecule has 0 saturated heterocycles. The normalized spacial score (nSPS) is 17.5. The Bertz CT molecular complexity index is 1280. The molecule has 0 radical (unpaired) electrons. The molecule has 3 rings (SSSR count). The molecule has 214 valence electrons. The maximum absolute atomic E-state index is 12.8. The maximum Gasteiger partial charge on any atom is 0.336 e. The summed E-state index contributed by atoms with van der Waals surface area (Å²) in [6.07, 6.45) is -0.746. The van der Waals surface area contributed by atoms with Crippen molar-refractivity contribution in [2.24, 2.45) is 10.9 Å². The van der Waals surface area contributed by atoms with Crippen LogP contribution >= 0.6 is 0 Å². The predicted molar refractivity (Wildman–Crippen MR) is 145 cm³/mol. The Morgan fingerprint density at radius 3 is 2.45 bits per heavy atom. The van der Waals surface area contributed by atoms with Crippen LogP contribution in [0.3, 0.4) is 0 Å². The van der Waals surface area contributed by atoms with Gasteiger partial charge in [0.1, 0.15) is 36.7 Å². The van der Waals surface area contributed by atoms with Crippen LogP contribution in [0.5, 0.6) is 11.5 Å². The second-order valence-electron chi connectivity index (χ2n) is 9.03. The van der Waals surface area contributed by atoms with Crippen molar-refractivity contribution in [2.45, 2.75) is 25.9 Å².